The molecule has 0 bridgehead atoms. The molecule has 0 spiro atoms. The van der Waals surface area contributed by atoms with Crippen LogP contribution in [-0.2, 0) is 9.53 Å². The highest BCUT2D eigenvalue weighted by Crippen LogP contribution is 2.13. The molecule has 1 aliphatic rings. The smallest absolute Gasteiger partial charge is 0.334 e. The van der Waals surface area contributed by atoms with Crippen LogP contribution >= 0.6 is 12.4 Å². The van der Waals surface area contributed by atoms with E-state index in [0.717, 1.165) is 0 Å². The number of hydrogen-bond donors (Lipinski definition) is 1. The number of nitrogens with one attached hydrogen (secondary N) is 1. The molecule has 4 nitrogen and oxygen atoms in total. The van der Waals surface area contributed by atoms with E-state index >= 15 is 0 Å². The Hall–Kier alpha value is -0.740. The Bertz CT molecular complexity index is 227. The Labute approximate surface area is 83.4 Å². The molecule has 1 heterocycles. The minimum atomic E-state index is -0.515. The molecular weight excluding hydrogens is 194 g/mol. The van der Waals surface area contributed by atoms with Crippen molar-refractivity contribution in [3.05, 3.63) is 11.3 Å². The maximum Gasteiger partial charge on any atom is 0.334 e. The average Bonchev–Trinajstić information content (AvgIpc) is 2.08. The van der Waals surface area contributed by atoms with Gasteiger partial charge in [-0.25, -0.2) is 4.79 Å². The molecule has 0 aromatic rings. The fourth-order valence-corrected chi connectivity index (χ4v) is 1.19. The maximum atomic E-state index is 11.3. The van der Waals surface area contributed by atoms with Gasteiger partial charge < -0.3 is 15.2 Å². The van der Waals surface area contributed by atoms with Gasteiger partial charge in [0, 0.05) is 18.7 Å². The zero-order valence-electron chi connectivity index (χ0n) is 7.62. The fourth-order valence-electron chi connectivity index (χ4n) is 1.19. The van der Waals surface area contributed by atoms with E-state index in [1.165, 1.54) is 7.11 Å². The zero-order valence-corrected chi connectivity index (χ0v) is 8.44. The maximum absolute atomic E-state index is 11.3. The summed E-state index contributed by atoms with van der Waals surface area (Å²) in [4.78, 5) is 11.0. The molecule has 1 rings (SSSR count). The van der Waals surface area contributed by atoms with Crippen LogP contribution in [-0.4, -0.2) is 26.2 Å². The lowest BCUT2D eigenvalue weighted by atomic mass is 10.0. The Morgan fingerprint density at radius 3 is 2.85 bits per heavy atom. The van der Waals surface area contributed by atoms with Gasteiger partial charge in [0.05, 0.1) is 7.11 Å². The van der Waals surface area contributed by atoms with Crippen LogP contribution in [0.4, 0.5) is 0 Å². The first kappa shape index (κ1) is 12.3. The molecule has 0 saturated heterocycles. The fraction of sp³-hybridized carbons (Fsp3) is 0.625. The van der Waals surface area contributed by atoms with Gasteiger partial charge in [-0.05, 0) is 5.92 Å². The lowest BCUT2D eigenvalue weighted by Crippen LogP contribution is -2.38. The van der Waals surface area contributed by atoms with Gasteiger partial charge in [-0.2, -0.15) is 0 Å². The summed E-state index contributed by atoms with van der Waals surface area (Å²) in [5.74, 6) is -0.729. The largest absolute Gasteiger partial charge is 0.875 e. The van der Waals surface area contributed by atoms with Crippen LogP contribution < -0.4 is 10.4 Å². The minimum Gasteiger partial charge on any atom is -0.875 e. The SMILES string of the molecule is COC(=O)C1=C([O-])C(C)CNC1.Cl. The van der Waals surface area contributed by atoms with Crippen molar-refractivity contribution in [2.24, 2.45) is 5.92 Å². The molecule has 5 heteroatoms. The number of rotatable bonds is 1. The summed E-state index contributed by atoms with van der Waals surface area (Å²) in [6, 6.07) is 0. The average molecular weight is 207 g/mol. The molecule has 76 valence electrons. The summed E-state index contributed by atoms with van der Waals surface area (Å²) < 4.78 is 4.47. The summed E-state index contributed by atoms with van der Waals surface area (Å²) in [7, 11) is 1.28. The molecule has 1 unspecified atom stereocenters. The molecule has 0 amide bonds. The summed E-state index contributed by atoms with van der Waals surface area (Å²) in [6.07, 6.45) is 0. The van der Waals surface area contributed by atoms with E-state index in [0.29, 0.717) is 13.1 Å². The molecule has 1 aliphatic heterocycles. The van der Waals surface area contributed by atoms with Crippen molar-refractivity contribution in [2.45, 2.75) is 6.92 Å². The zero-order chi connectivity index (χ0) is 9.14. The molecule has 0 aromatic carbocycles. The standard InChI is InChI=1S/C8H13NO3.ClH/c1-5-3-9-4-6(7(5)10)8(11)12-2;/h5,9-10H,3-4H2,1-2H3;1H/p-1. The molecule has 1 atom stereocenters. The van der Waals surface area contributed by atoms with Crippen molar-refractivity contribution >= 4 is 18.4 Å². The van der Waals surface area contributed by atoms with Crippen LogP contribution in [0.15, 0.2) is 11.3 Å². The van der Waals surface area contributed by atoms with Crippen molar-refractivity contribution < 1.29 is 14.6 Å². The van der Waals surface area contributed by atoms with E-state index in [4.69, 9.17) is 0 Å². The highest BCUT2D eigenvalue weighted by molar-refractivity contribution is 5.89. The van der Waals surface area contributed by atoms with Gasteiger partial charge in [0.25, 0.3) is 0 Å². The van der Waals surface area contributed by atoms with Crippen molar-refractivity contribution in [3.8, 4) is 0 Å². The molecule has 0 saturated carbocycles. The number of carbonyl (C=O) groups excluding carboxylic acids is 1. The van der Waals surface area contributed by atoms with Crippen LogP contribution in [0.5, 0.6) is 0 Å². The van der Waals surface area contributed by atoms with Crippen molar-refractivity contribution in [3.63, 3.8) is 0 Å². The molecule has 0 aliphatic carbocycles. The lowest BCUT2D eigenvalue weighted by molar-refractivity contribution is -0.316. The Kier molecular flexibility index (Phi) is 4.80. The van der Waals surface area contributed by atoms with Crippen LogP contribution in [0.2, 0.25) is 0 Å². The first-order valence-electron chi connectivity index (χ1n) is 3.86. The second-order valence-corrected chi connectivity index (χ2v) is 2.87. The molecular formula is C8H13ClNO3-. The molecule has 0 aromatic heterocycles. The van der Waals surface area contributed by atoms with E-state index in [1.807, 2.05) is 0 Å². The van der Waals surface area contributed by atoms with E-state index < -0.39 is 5.97 Å². The molecule has 13 heavy (non-hydrogen) atoms. The quantitative estimate of drug-likeness (QED) is 0.584. The number of methoxy groups -OCH3 is 1. The third-order valence-electron chi connectivity index (χ3n) is 1.93. The predicted molar refractivity (Wildman–Crippen MR) is 48.3 cm³/mol. The van der Waals surface area contributed by atoms with E-state index in [1.54, 1.807) is 6.92 Å². The summed E-state index contributed by atoms with van der Waals surface area (Å²) in [6.45, 7) is 2.76. The first-order valence-corrected chi connectivity index (χ1v) is 3.86. The number of halogens is 1. The number of ether oxygens (including phenoxy) is 1. The second-order valence-electron chi connectivity index (χ2n) is 2.87. The van der Waals surface area contributed by atoms with Gasteiger partial charge >= 0.3 is 5.97 Å². The van der Waals surface area contributed by atoms with E-state index in [-0.39, 0.29) is 29.7 Å². The van der Waals surface area contributed by atoms with Gasteiger partial charge in [-0.1, -0.05) is 6.92 Å². The number of hydrogen-bond acceptors (Lipinski definition) is 4. The minimum absolute atomic E-state index is 0. The Balaban J connectivity index is 0.00000144. The van der Waals surface area contributed by atoms with Gasteiger partial charge in [-0.15, -0.1) is 18.2 Å². The third kappa shape index (κ3) is 2.60. The summed E-state index contributed by atoms with van der Waals surface area (Å²) in [5.41, 5.74) is 0.233. The number of carbonyl (C=O) groups is 1. The normalized spacial score (nSPS) is 22.2. The molecule has 0 fully saturated rings. The summed E-state index contributed by atoms with van der Waals surface area (Å²) >= 11 is 0. The van der Waals surface area contributed by atoms with Crippen LogP contribution in [0.1, 0.15) is 6.92 Å². The van der Waals surface area contributed by atoms with Gasteiger partial charge in [0.2, 0.25) is 0 Å². The van der Waals surface area contributed by atoms with Crippen LogP contribution in [0, 0.1) is 5.92 Å². The van der Waals surface area contributed by atoms with Gasteiger partial charge in [0.15, 0.2) is 0 Å². The lowest BCUT2D eigenvalue weighted by Gasteiger charge is -2.29. The summed E-state index contributed by atoms with van der Waals surface area (Å²) in [5, 5.41) is 14.3. The highest BCUT2D eigenvalue weighted by atomic mass is 35.5. The van der Waals surface area contributed by atoms with Gasteiger partial charge in [0.1, 0.15) is 0 Å². The Morgan fingerprint density at radius 2 is 2.31 bits per heavy atom. The van der Waals surface area contributed by atoms with Crippen LogP contribution in [0.3, 0.4) is 0 Å². The van der Waals surface area contributed by atoms with E-state index in [2.05, 4.69) is 10.1 Å². The van der Waals surface area contributed by atoms with Crippen molar-refractivity contribution in [1.82, 2.24) is 5.32 Å². The Morgan fingerprint density at radius 1 is 1.69 bits per heavy atom. The molecule has 0 radical (unpaired) electrons. The van der Waals surface area contributed by atoms with Gasteiger partial charge in [-0.3, -0.25) is 0 Å². The monoisotopic (exact) mass is 206 g/mol. The number of esters is 1. The topological polar surface area (TPSA) is 61.4 Å². The molecule has 1 N–H and O–H groups in total. The van der Waals surface area contributed by atoms with E-state index in [9.17, 15) is 9.90 Å². The first-order chi connectivity index (χ1) is 5.66. The van der Waals surface area contributed by atoms with Crippen molar-refractivity contribution in [2.75, 3.05) is 20.2 Å². The van der Waals surface area contributed by atoms with Crippen LogP contribution in [0.25, 0.3) is 0 Å². The second kappa shape index (κ2) is 5.09. The predicted octanol–water partition coefficient (Wildman–Crippen LogP) is -0.565. The van der Waals surface area contributed by atoms with Crippen molar-refractivity contribution in [1.29, 1.82) is 0 Å². The third-order valence-corrected chi connectivity index (χ3v) is 1.93. The highest BCUT2D eigenvalue weighted by Gasteiger charge is 2.17.